The molecule has 0 spiro atoms. The first-order chi connectivity index (χ1) is 15.1. The standard InChI is InChI=1S/C22H22F9NO/c23-19(24)8-7-13(10-19)32-18(33)17-6-5-15-14-4-2-12(9-11(14)1-3-16(15)17)20(25,21(26,27)28)22(29,30)31/h2,4,9,13,15-17H,1,3,5-8,10H2,(H,32,33)/t13?,15-,16+,17+/m0/s1. The number of hydrogen-bond donors (Lipinski definition) is 1. The zero-order valence-corrected chi connectivity index (χ0v) is 17.3. The van der Waals surface area contributed by atoms with Crippen molar-refractivity contribution in [2.45, 2.75) is 80.8 Å². The Balaban J connectivity index is 1.54. The highest BCUT2D eigenvalue weighted by Crippen LogP contribution is 2.55. The molecule has 1 amide bonds. The van der Waals surface area contributed by atoms with Crippen LogP contribution in [0.2, 0.25) is 0 Å². The number of rotatable bonds is 3. The van der Waals surface area contributed by atoms with E-state index in [1.165, 1.54) is 0 Å². The van der Waals surface area contributed by atoms with Gasteiger partial charge in [0.15, 0.2) is 0 Å². The van der Waals surface area contributed by atoms with E-state index >= 15 is 0 Å². The summed E-state index contributed by atoms with van der Waals surface area (Å²) in [7, 11) is 0. The molecule has 1 aromatic carbocycles. The summed E-state index contributed by atoms with van der Waals surface area (Å²) in [6, 6.07) is 1.65. The number of alkyl halides is 9. The third-order valence-electron chi connectivity index (χ3n) is 7.38. The van der Waals surface area contributed by atoms with Crippen LogP contribution >= 0.6 is 0 Å². The minimum atomic E-state index is -6.18. The Hall–Kier alpha value is -1.94. The van der Waals surface area contributed by atoms with Gasteiger partial charge in [0.2, 0.25) is 11.8 Å². The Morgan fingerprint density at radius 1 is 0.939 bits per heavy atom. The van der Waals surface area contributed by atoms with Crippen LogP contribution < -0.4 is 5.32 Å². The fourth-order valence-corrected chi connectivity index (χ4v) is 5.77. The molecule has 0 heterocycles. The van der Waals surface area contributed by atoms with Gasteiger partial charge in [0.1, 0.15) is 0 Å². The normalized spacial score (nSPS) is 29.5. The molecule has 0 aromatic heterocycles. The highest BCUT2D eigenvalue weighted by Gasteiger charge is 2.73. The summed E-state index contributed by atoms with van der Waals surface area (Å²) in [6.45, 7) is 0. The quantitative estimate of drug-likeness (QED) is 0.496. The van der Waals surface area contributed by atoms with Crippen molar-refractivity contribution in [3.05, 3.63) is 34.9 Å². The van der Waals surface area contributed by atoms with Crippen molar-refractivity contribution in [2.24, 2.45) is 11.8 Å². The molecule has 3 aliphatic carbocycles. The topological polar surface area (TPSA) is 29.1 Å². The molecule has 0 radical (unpaired) electrons. The molecule has 3 aliphatic rings. The van der Waals surface area contributed by atoms with Crippen LogP contribution in [-0.2, 0) is 16.9 Å². The summed E-state index contributed by atoms with van der Waals surface area (Å²) in [4.78, 5) is 12.7. The Labute approximate surface area is 183 Å². The van der Waals surface area contributed by atoms with Crippen LogP contribution in [0.15, 0.2) is 18.2 Å². The largest absolute Gasteiger partial charge is 0.435 e. The van der Waals surface area contributed by atoms with Gasteiger partial charge in [0.25, 0.3) is 0 Å². The molecule has 33 heavy (non-hydrogen) atoms. The number of benzene rings is 1. The smallest absolute Gasteiger partial charge is 0.353 e. The molecule has 2 nitrogen and oxygen atoms in total. The summed E-state index contributed by atoms with van der Waals surface area (Å²) >= 11 is 0. The maximum absolute atomic E-state index is 14.4. The van der Waals surface area contributed by atoms with Gasteiger partial charge in [-0.2, -0.15) is 26.3 Å². The van der Waals surface area contributed by atoms with E-state index in [9.17, 15) is 44.3 Å². The van der Waals surface area contributed by atoms with E-state index in [0.717, 1.165) is 6.07 Å². The zero-order chi connectivity index (χ0) is 24.4. The number of nitrogens with one attached hydrogen (secondary N) is 1. The van der Waals surface area contributed by atoms with E-state index in [-0.39, 0.29) is 42.6 Å². The van der Waals surface area contributed by atoms with Gasteiger partial charge in [-0.15, -0.1) is 0 Å². The number of halogens is 9. The van der Waals surface area contributed by atoms with Gasteiger partial charge in [-0.1, -0.05) is 18.2 Å². The highest BCUT2D eigenvalue weighted by atomic mass is 19.4. The van der Waals surface area contributed by atoms with Crippen molar-refractivity contribution < 1.29 is 44.3 Å². The Bertz CT molecular complexity index is 909. The van der Waals surface area contributed by atoms with Gasteiger partial charge < -0.3 is 5.32 Å². The fourth-order valence-electron chi connectivity index (χ4n) is 5.77. The lowest BCUT2D eigenvalue weighted by Crippen LogP contribution is -2.50. The molecule has 184 valence electrons. The van der Waals surface area contributed by atoms with Gasteiger partial charge >= 0.3 is 18.0 Å². The average molecular weight is 487 g/mol. The molecule has 4 atom stereocenters. The number of fused-ring (bicyclic) bond motifs is 3. The summed E-state index contributed by atoms with van der Waals surface area (Å²) in [5, 5.41) is 2.68. The number of carbonyl (C=O) groups excluding carboxylic acids is 1. The van der Waals surface area contributed by atoms with E-state index < -0.39 is 47.9 Å². The molecular weight excluding hydrogens is 465 g/mol. The van der Waals surface area contributed by atoms with Crippen molar-refractivity contribution >= 4 is 5.91 Å². The van der Waals surface area contributed by atoms with Crippen molar-refractivity contribution in [1.82, 2.24) is 5.32 Å². The van der Waals surface area contributed by atoms with Crippen molar-refractivity contribution in [3.8, 4) is 0 Å². The van der Waals surface area contributed by atoms with Gasteiger partial charge in [-0.3, -0.25) is 4.79 Å². The van der Waals surface area contributed by atoms with Gasteiger partial charge in [0, 0.05) is 30.4 Å². The Morgan fingerprint density at radius 3 is 2.18 bits per heavy atom. The first-order valence-corrected chi connectivity index (χ1v) is 10.8. The van der Waals surface area contributed by atoms with Crippen molar-refractivity contribution in [2.75, 3.05) is 0 Å². The first kappa shape index (κ1) is 24.2. The average Bonchev–Trinajstić information content (AvgIpc) is 3.27. The number of hydrogen-bond acceptors (Lipinski definition) is 1. The van der Waals surface area contributed by atoms with Gasteiger partial charge in [-0.25, -0.2) is 13.2 Å². The van der Waals surface area contributed by atoms with Crippen LogP contribution in [0, 0.1) is 11.8 Å². The molecule has 0 bridgehead atoms. The van der Waals surface area contributed by atoms with E-state index in [1.54, 1.807) is 0 Å². The molecule has 2 saturated carbocycles. The summed E-state index contributed by atoms with van der Waals surface area (Å²) in [5.74, 6) is -4.10. The number of amides is 1. The molecular formula is C22H22F9NO. The lowest BCUT2D eigenvalue weighted by molar-refractivity contribution is -0.348. The lowest BCUT2D eigenvalue weighted by Gasteiger charge is -2.34. The van der Waals surface area contributed by atoms with Crippen LogP contribution in [0.3, 0.4) is 0 Å². The predicted molar refractivity (Wildman–Crippen MR) is 99.3 cm³/mol. The van der Waals surface area contributed by atoms with E-state index in [2.05, 4.69) is 5.32 Å². The highest BCUT2D eigenvalue weighted by molar-refractivity contribution is 5.80. The lowest BCUT2D eigenvalue weighted by atomic mass is 9.73. The van der Waals surface area contributed by atoms with Crippen molar-refractivity contribution in [1.29, 1.82) is 0 Å². The molecule has 4 rings (SSSR count). The van der Waals surface area contributed by atoms with E-state index in [4.69, 9.17) is 0 Å². The summed E-state index contributed by atoms with van der Waals surface area (Å²) in [6.07, 6.45) is -11.6. The maximum Gasteiger partial charge on any atom is 0.435 e. The van der Waals surface area contributed by atoms with Crippen LogP contribution in [-0.4, -0.2) is 30.2 Å². The minimum absolute atomic E-state index is 0.0986. The second kappa shape index (κ2) is 7.80. The monoisotopic (exact) mass is 487 g/mol. The molecule has 2 fully saturated rings. The molecule has 11 heteroatoms. The van der Waals surface area contributed by atoms with Gasteiger partial charge in [-0.05, 0) is 55.1 Å². The fraction of sp³-hybridized carbons (Fsp3) is 0.682. The first-order valence-electron chi connectivity index (χ1n) is 10.8. The van der Waals surface area contributed by atoms with Crippen LogP contribution in [0.4, 0.5) is 39.5 Å². The minimum Gasteiger partial charge on any atom is -0.353 e. The molecule has 1 aromatic rings. The zero-order valence-electron chi connectivity index (χ0n) is 17.3. The molecule has 1 unspecified atom stereocenters. The summed E-state index contributed by atoms with van der Waals surface area (Å²) < 4.78 is 120. The Kier molecular flexibility index (Phi) is 5.72. The number of carbonyl (C=O) groups is 1. The predicted octanol–water partition coefficient (Wildman–Crippen LogP) is 6.34. The third kappa shape index (κ3) is 4.09. The maximum atomic E-state index is 14.4. The van der Waals surface area contributed by atoms with Gasteiger partial charge in [0.05, 0.1) is 0 Å². The van der Waals surface area contributed by atoms with Crippen molar-refractivity contribution in [3.63, 3.8) is 0 Å². The Morgan fingerprint density at radius 2 is 1.61 bits per heavy atom. The SMILES string of the molecule is O=C(NC1CCC(F)(F)C1)[C@@H]1CC[C@H]2c3ccc(C(F)(C(F)(F)F)C(F)(F)F)cc3CC[C@@H]12. The third-order valence-corrected chi connectivity index (χ3v) is 7.38. The molecule has 1 N–H and O–H groups in total. The van der Waals surface area contributed by atoms with Crippen LogP contribution in [0.5, 0.6) is 0 Å². The number of aryl methyl sites for hydroxylation is 1. The molecule has 0 aliphatic heterocycles. The second-order valence-corrected chi connectivity index (χ2v) is 9.36. The van der Waals surface area contributed by atoms with Crippen LogP contribution in [0.1, 0.15) is 61.1 Å². The van der Waals surface area contributed by atoms with E-state index in [0.29, 0.717) is 37.0 Å². The second-order valence-electron chi connectivity index (χ2n) is 9.36. The van der Waals surface area contributed by atoms with E-state index in [1.807, 2.05) is 0 Å². The summed E-state index contributed by atoms with van der Waals surface area (Å²) in [5.41, 5.74) is -6.26. The molecule has 0 saturated heterocycles. The van der Waals surface area contributed by atoms with Crippen LogP contribution in [0.25, 0.3) is 0 Å².